The van der Waals surface area contributed by atoms with Crippen LogP contribution in [-0.2, 0) is 14.8 Å². The first kappa shape index (κ1) is 22.2. The number of benzene rings is 1. The third-order valence-corrected chi connectivity index (χ3v) is 7.41. The summed E-state index contributed by atoms with van der Waals surface area (Å²) in [7, 11) is -3.57. The molecule has 0 spiro atoms. The van der Waals surface area contributed by atoms with Crippen molar-refractivity contribution < 1.29 is 17.6 Å². The van der Waals surface area contributed by atoms with Gasteiger partial charge in [-0.25, -0.2) is 8.42 Å². The van der Waals surface area contributed by atoms with Gasteiger partial charge in [0.05, 0.1) is 4.90 Å². The number of sulfonamides is 1. The summed E-state index contributed by atoms with van der Waals surface area (Å²) in [5.74, 6) is -0.381. The number of aryl methyl sites for hydroxylation is 1. The molecule has 4 rings (SSSR count). The van der Waals surface area contributed by atoms with Crippen LogP contribution in [0.5, 0.6) is 0 Å². The van der Waals surface area contributed by atoms with Crippen LogP contribution in [0.3, 0.4) is 0 Å². The van der Waals surface area contributed by atoms with Gasteiger partial charge in [0.2, 0.25) is 15.9 Å². The van der Waals surface area contributed by atoms with E-state index in [1.807, 2.05) is 27.0 Å². The molecular weight excluding hydrogens is 432 g/mol. The fourth-order valence-corrected chi connectivity index (χ4v) is 5.01. The summed E-state index contributed by atoms with van der Waals surface area (Å²) in [5, 5.41) is 14.8. The number of hydrogen-bond donors (Lipinski definition) is 1. The molecular formula is C21H26N6O4S. The van der Waals surface area contributed by atoms with Crippen LogP contribution in [0.2, 0.25) is 0 Å². The maximum Gasteiger partial charge on any atom is 0.322 e. The van der Waals surface area contributed by atoms with E-state index in [2.05, 4.69) is 20.6 Å². The zero-order valence-electron chi connectivity index (χ0n) is 18.2. The molecule has 0 bridgehead atoms. The largest absolute Gasteiger partial charge is 0.401 e. The van der Waals surface area contributed by atoms with Crippen molar-refractivity contribution in [2.24, 2.45) is 5.92 Å². The summed E-state index contributed by atoms with van der Waals surface area (Å²) in [6.45, 7) is 6.47. The van der Waals surface area contributed by atoms with E-state index in [1.54, 1.807) is 35.0 Å². The first-order chi connectivity index (χ1) is 15.2. The van der Waals surface area contributed by atoms with Gasteiger partial charge in [-0.05, 0) is 51.8 Å². The Hall–Kier alpha value is -3.05. The van der Waals surface area contributed by atoms with Gasteiger partial charge in [0.25, 0.3) is 5.89 Å². The Morgan fingerprint density at radius 2 is 1.81 bits per heavy atom. The fourth-order valence-electron chi connectivity index (χ4n) is 3.54. The fraction of sp³-hybridized carbons (Fsp3) is 0.429. The minimum Gasteiger partial charge on any atom is -0.401 e. The molecule has 0 atom stereocenters. The van der Waals surface area contributed by atoms with Crippen LogP contribution in [0.15, 0.2) is 45.8 Å². The second-order valence-corrected chi connectivity index (χ2v) is 10.1. The summed E-state index contributed by atoms with van der Waals surface area (Å²) in [6, 6.07) is 8.74. The van der Waals surface area contributed by atoms with Crippen molar-refractivity contribution in [2.75, 3.05) is 18.4 Å². The van der Waals surface area contributed by atoms with Crippen LogP contribution in [0.1, 0.15) is 38.3 Å². The molecule has 1 N–H and O–H groups in total. The molecule has 0 saturated carbocycles. The maximum atomic E-state index is 12.8. The zero-order valence-corrected chi connectivity index (χ0v) is 19.0. The van der Waals surface area contributed by atoms with Crippen molar-refractivity contribution in [1.29, 1.82) is 0 Å². The van der Waals surface area contributed by atoms with E-state index in [-0.39, 0.29) is 47.8 Å². The number of carbonyl (C=O) groups is 1. The first-order valence-electron chi connectivity index (χ1n) is 10.5. The van der Waals surface area contributed by atoms with Crippen molar-refractivity contribution in [2.45, 2.75) is 44.6 Å². The highest BCUT2D eigenvalue weighted by molar-refractivity contribution is 7.89. The van der Waals surface area contributed by atoms with Gasteiger partial charge in [0.15, 0.2) is 0 Å². The molecule has 10 nitrogen and oxygen atoms in total. The third-order valence-electron chi connectivity index (χ3n) is 5.50. The Morgan fingerprint density at radius 1 is 1.12 bits per heavy atom. The molecule has 0 unspecified atom stereocenters. The predicted molar refractivity (Wildman–Crippen MR) is 117 cm³/mol. The highest BCUT2D eigenvalue weighted by atomic mass is 32.2. The Labute approximate surface area is 186 Å². The number of aromatic nitrogens is 4. The summed E-state index contributed by atoms with van der Waals surface area (Å²) in [4.78, 5) is 12.9. The van der Waals surface area contributed by atoms with E-state index in [9.17, 15) is 13.2 Å². The number of piperidine rings is 1. The normalized spacial score (nSPS) is 15.9. The van der Waals surface area contributed by atoms with Gasteiger partial charge >= 0.3 is 6.01 Å². The molecule has 3 heterocycles. The van der Waals surface area contributed by atoms with E-state index in [1.165, 1.54) is 4.31 Å². The monoisotopic (exact) mass is 458 g/mol. The van der Waals surface area contributed by atoms with Crippen LogP contribution in [0, 0.1) is 12.8 Å². The van der Waals surface area contributed by atoms with Crippen molar-refractivity contribution >= 4 is 21.9 Å². The van der Waals surface area contributed by atoms with E-state index in [4.69, 9.17) is 4.42 Å². The third kappa shape index (κ3) is 4.58. The Kier molecular flexibility index (Phi) is 6.11. The quantitative estimate of drug-likeness (QED) is 0.602. The molecule has 1 amide bonds. The maximum absolute atomic E-state index is 12.8. The lowest BCUT2D eigenvalue weighted by Gasteiger charge is -2.30. The number of carbonyl (C=O) groups excluding carboxylic acids is 1. The Balaban J connectivity index is 1.35. The topological polar surface area (TPSA) is 123 Å². The average molecular weight is 459 g/mol. The second kappa shape index (κ2) is 8.83. The molecule has 3 aromatic rings. The number of anilines is 1. The summed E-state index contributed by atoms with van der Waals surface area (Å²) in [5.41, 5.74) is 1.53. The van der Waals surface area contributed by atoms with E-state index in [0.717, 1.165) is 5.56 Å². The van der Waals surface area contributed by atoms with Crippen molar-refractivity contribution in [3.63, 3.8) is 0 Å². The van der Waals surface area contributed by atoms with Crippen molar-refractivity contribution in [3.05, 3.63) is 42.1 Å². The second-order valence-electron chi connectivity index (χ2n) is 8.17. The zero-order chi connectivity index (χ0) is 22.9. The van der Waals surface area contributed by atoms with Gasteiger partial charge < -0.3 is 4.42 Å². The smallest absolute Gasteiger partial charge is 0.322 e. The molecule has 1 aliphatic heterocycles. The molecule has 1 saturated heterocycles. The summed E-state index contributed by atoms with van der Waals surface area (Å²) >= 11 is 0. The van der Waals surface area contributed by atoms with Crippen molar-refractivity contribution in [3.8, 4) is 11.6 Å². The van der Waals surface area contributed by atoms with Gasteiger partial charge in [0, 0.05) is 31.2 Å². The minimum absolute atomic E-state index is 0.00111. The molecule has 2 aromatic heterocycles. The van der Waals surface area contributed by atoms with Crippen LogP contribution in [0.4, 0.5) is 6.01 Å². The number of amides is 1. The highest BCUT2D eigenvalue weighted by Crippen LogP contribution is 2.25. The molecule has 11 heteroatoms. The lowest BCUT2D eigenvalue weighted by molar-refractivity contribution is -0.121. The SMILES string of the molecule is Cc1ccc(S(=O)(=O)N2CCC(C(=O)Nc3nnc(-c4ccn(C(C)C)n4)o3)CC2)cc1. The van der Waals surface area contributed by atoms with Crippen LogP contribution >= 0.6 is 0 Å². The van der Waals surface area contributed by atoms with Gasteiger partial charge in [-0.1, -0.05) is 22.8 Å². The summed E-state index contributed by atoms with van der Waals surface area (Å²) in [6.07, 6.45) is 2.65. The van der Waals surface area contributed by atoms with E-state index < -0.39 is 10.0 Å². The average Bonchev–Trinajstić information content (AvgIpc) is 3.44. The molecule has 1 aromatic carbocycles. The van der Waals surface area contributed by atoms with Gasteiger partial charge in [0.1, 0.15) is 5.69 Å². The lowest BCUT2D eigenvalue weighted by atomic mass is 9.97. The van der Waals surface area contributed by atoms with Gasteiger partial charge in [-0.3, -0.25) is 14.8 Å². The molecule has 1 fully saturated rings. The van der Waals surface area contributed by atoms with Gasteiger partial charge in [-0.15, -0.1) is 5.10 Å². The van der Waals surface area contributed by atoms with E-state index in [0.29, 0.717) is 18.5 Å². The first-order valence-corrected chi connectivity index (χ1v) is 11.9. The number of nitrogens with one attached hydrogen (secondary N) is 1. The van der Waals surface area contributed by atoms with Gasteiger partial charge in [-0.2, -0.15) is 9.40 Å². The number of nitrogens with zero attached hydrogens (tertiary/aromatic N) is 5. The predicted octanol–water partition coefficient (Wildman–Crippen LogP) is 2.86. The molecule has 0 aliphatic carbocycles. The van der Waals surface area contributed by atoms with Crippen LogP contribution in [0.25, 0.3) is 11.6 Å². The minimum atomic E-state index is -3.57. The molecule has 1 aliphatic rings. The van der Waals surface area contributed by atoms with Crippen LogP contribution < -0.4 is 5.32 Å². The van der Waals surface area contributed by atoms with Crippen molar-refractivity contribution in [1.82, 2.24) is 24.3 Å². The van der Waals surface area contributed by atoms with Crippen LogP contribution in [-0.4, -0.2) is 51.7 Å². The summed E-state index contributed by atoms with van der Waals surface area (Å²) < 4.78 is 34.4. The Morgan fingerprint density at radius 3 is 2.44 bits per heavy atom. The van der Waals surface area contributed by atoms with E-state index >= 15 is 0 Å². The Bertz CT molecular complexity index is 1190. The number of rotatable bonds is 6. The molecule has 0 radical (unpaired) electrons. The molecule has 170 valence electrons. The highest BCUT2D eigenvalue weighted by Gasteiger charge is 2.32. The number of hydrogen-bond acceptors (Lipinski definition) is 7. The lowest BCUT2D eigenvalue weighted by Crippen LogP contribution is -2.41. The molecule has 32 heavy (non-hydrogen) atoms. The standard InChI is InChI=1S/C21H26N6O4S/c1-14(2)27-13-10-18(25-27)20-23-24-21(31-20)22-19(28)16-8-11-26(12-9-16)32(29,30)17-6-4-15(3)5-7-17/h4-7,10,13-14,16H,8-9,11-12H2,1-3H3,(H,22,24,28).